The number of amides is 1. The molecule has 0 saturated heterocycles. The van der Waals surface area contributed by atoms with Crippen molar-refractivity contribution in [2.75, 3.05) is 11.1 Å². The van der Waals surface area contributed by atoms with Gasteiger partial charge >= 0.3 is 0 Å². The quantitative estimate of drug-likeness (QED) is 0.674. The highest BCUT2D eigenvalue weighted by atomic mass is 79.9. The number of carbonyl (C=O) groups excluding carboxylic acids is 1. The van der Waals surface area contributed by atoms with Crippen LogP contribution in [0.2, 0.25) is 5.02 Å². The molecule has 0 radical (unpaired) electrons. The number of nitrogen functional groups attached to an aromatic ring is 1. The molecular formula is C14H11Br2ClN2O. The lowest BCUT2D eigenvalue weighted by Gasteiger charge is -2.11. The molecule has 2 rings (SSSR count). The Labute approximate surface area is 138 Å². The summed E-state index contributed by atoms with van der Waals surface area (Å²) < 4.78 is 1.52. The van der Waals surface area contributed by atoms with E-state index in [0.717, 1.165) is 14.5 Å². The molecule has 0 aliphatic heterocycles. The summed E-state index contributed by atoms with van der Waals surface area (Å²) in [6.45, 7) is 1.81. The maximum Gasteiger partial charge on any atom is 0.256 e. The third-order valence-corrected chi connectivity index (χ3v) is 4.22. The molecular weight excluding hydrogens is 407 g/mol. The Morgan fingerprint density at radius 1 is 1.25 bits per heavy atom. The monoisotopic (exact) mass is 416 g/mol. The van der Waals surface area contributed by atoms with Crippen molar-refractivity contribution in [1.82, 2.24) is 0 Å². The van der Waals surface area contributed by atoms with Crippen molar-refractivity contribution < 1.29 is 4.79 Å². The molecule has 0 heterocycles. The van der Waals surface area contributed by atoms with Crippen molar-refractivity contribution in [1.29, 1.82) is 0 Å². The second-order valence-corrected chi connectivity index (χ2v) is 6.45. The van der Waals surface area contributed by atoms with Crippen LogP contribution in [0, 0.1) is 6.92 Å². The number of carbonyl (C=O) groups is 1. The zero-order chi connectivity index (χ0) is 14.9. The highest BCUT2D eigenvalue weighted by Gasteiger charge is 2.14. The largest absolute Gasteiger partial charge is 0.398 e. The number of hydrogen-bond donors (Lipinski definition) is 2. The molecule has 0 spiro atoms. The lowest BCUT2D eigenvalue weighted by Crippen LogP contribution is -2.14. The normalized spacial score (nSPS) is 10.4. The number of anilines is 2. The van der Waals surface area contributed by atoms with E-state index in [-0.39, 0.29) is 5.91 Å². The zero-order valence-electron chi connectivity index (χ0n) is 10.5. The van der Waals surface area contributed by atoms with E-state index in [4.69, 9.17) is 17.3 Å². The van der Waals surface area contributed by atoms with Gasteiger partial charge in [0.15, 0.2) is 0 Å². The van der Waals surface area contributed by atoms with Gasteiger partial charge in [0, 0.05) is 25.2 Å². The van der Waals surface area contributed by atoms with Crippen LogP contribution >= 0.6 is 43.5 Å². The predicted octanol–water partition coefficient (Wildman–Crippen LogP) is 5.01. The van der Waals surface area contributed by atoms with Gasteiger partial charge in [-0.3, -0.25) is 4.79 Å². The van der Waals surface area contributed by atoms with Crippen LogP contribution < -0.4 is 11.1 Å². The van der Waals surface area contributed by atoms with Crippen LogP contribution in [0.3, 0.4) is 0 Å². The van der Waals surface area contributed by atoms with Crippen LogP contribution in [0.1, 0.15) is 15.9 Å². The van der Waals surface area contributed by atoms with Crippen LogP contribution in [-0.4, -0.2) is 5.91 Å². The summed E-state index contributed by atoms with van der Waals surface area (Å²) in [6, 6.07) is 8.70. The molecule has 1 amide bonds. The SMILES string of the molecule is Cc1c(N)cc(Br)cc1C(=O)Nc1cc(Cl)ccc1Br. The van der Waals surface area contributed by atoms with E-state index in [1.165, 1.54) is 0 Å². The summed E-state index contributed by atoms with van der Waals surface area (Å²) in [5.74, 6) is -0.238. The summed E-state index contributed by atoms with van der Waals surface area (Å²) >= 11 is 12.6. The average molecular weight is 419 g/mol. The van der Waals surface area contributed by atoms with Crippen molar-refractivity contribution in [2.24, 2.45) is 0 Å². The summed E-state index contributed by atoms with van der Waals surface area (Å²) in [6.07, 6.45) is 0. The van der Waals surface area contributed by atoms with Crippen LogP contribution in [-0.2, 0) is 0 Å². The van der Waals surface area contributed by atoms with Gasteiger partial charge in [-0.05, 0) is 58.7 Å². The fraction of sp³-hybridized carbons (Fsp3) is 0.0714. The smallest absolute Gasteiger partial charge is 0.256 e. The van der Waals surface area contributed by atoms with Gasteiger partial charge in [0.2, 0.25) is 0 Å². The summed E-state index contributed by atoms with van der Waals surface area (Å²) in [7, 11) is 0. The van der Waals surface area contributed by atoms with Gasteiger partial charge in [0.05, 0.1) is 5.69 Å². The molecule has 20 heavy (non-hydrogen) atoms. The number of nitrogens with two attached hydrogens (primary N) is 1. The molecule has 0 fully saturated rings. The zero-order valence-corrected chi connectivity index (χ0v) is 14.4. The molecule has 2 aromatic rings. The molecule has 3 nitrogen and oxygen atoms in total. The van der Waals surface area contributed by atoms with Crippen molar-refractivity contribution >= 4 is 60.7 Å². The molecule has 3 N–H and O–H groups in total. The van der Waals surface area contributed by atoms with E-state index in [1.54, 1.807) is 30.3 Å². The first kappa shape index (κ1) is 15.4. The lowest BCUT2D eigenvalue weighted by molar-refractivity contribution is 0.102. The van der Waals surface area contributed by atoms with Crippen LogP contribution in [0.5, 0.6) is 0 Å². The highest BCUT2D eigenvalue weighted by molar-refractivity contribution is 9.10. The fourth-order valence-corrected chi connectivity index (χ4v) is 2.71. The van der Waals surface area contributed by atoms with Crippen molar-refractivity contribution in [2.45, 2.75) is 6.92 Å². The van der Waals surface area contributed by atoms with Crippen molar-refractivity contribution in [3.63, 3.8) is 0 Å². The minimum Gasteiger partial charge on any atom is -0.398 e. The van der Waals surface area contributed by atoms with Crippen LogP contribution in [0.25, 0.3) is 0 Å². The third-order valence-electron chi connectivity index (χ3n) is 2.83. The second kappa shape index (κ2) is 6.16. The third kappa shape index (κ3) is 3.34. The van der Waals surface area contributed by atoms with Gasteiger partial charge in [-0.1, -0.05) is 27.5 Å². The molecule has 0 atom stereocenters. The van der Waals surface area contributed by atoms with E-state index < -0.39 is 0 Å². The Balaban J connectivity index is 2.35. The number of nitrogens with one attached hydrogen (secondary N) is 1. The Kier molecular flexibility index (Phi) is 4.73. The van der Waals surface area contributed by atoms with Crippen LogP contribution in [0.15, 0.2) is 39.3 Å². The topological polar surface area (TPSA) is 55.1 Å². The fourth-order valence-electron chi connectivity index (χ4n) is 1.72. The summed E-state index contributed by atoms with van der Waals surface area (Å²) in [5, 5.41) is 3.37. The van der Waals surface area contributed by atoms with Gasteiger partial charge in [0.1, 0.15) is 0 Å². The van der Waals surface area contributed by atoms with Gasteiger partial charge in [-0.15, -0.1) is 0 Å². The number of rotatable bonds is 2. The van der Waals surface area contributed by atoms with Gasteiger partial charge < -0.3 is 11.1 Å². The molecule has 0 unspecified atom stereocenters. The first-order chi connectivity index (χ1) is 9.38. The van der Waals surface area contributed by atoms with Gasteiger partial charge in [-0.2, -0.15) is 0 Å². The lowest BCUT2D eigenvalue weighted by atomic mass is 10.1. The molecule has 2 aromatic carbocycles. The maximum atomic E-state index is 12.4. The number of halogens is 3. The predicted molar refractivity (Wildman–Crippen MR) is 90.4 cm³/mol. The van der Waals surface area contributed by atoms with E-state index in [0.29, 0.717) is 22.0 Å². The average Bonchev–Trinajstić information content (AvgIpc) is 2.38. The van der Waals surface area contributed by atoms with Crippen LogP contribution in [0.4, 0.5) is 11.4 Å². The minimum absolute atomic E-state index is 0.238. The van der Waals surface area contributed by atoms with Crippen molar-refractivity contribution in [3.8, 4) is 0 Å². The molecule has 6 heteroatoms. The number of benzene rings is 2. The van der Waals surface area contributed by atoms with E-state index in [9.17, 15) is 4.79 Å². The molecule has 104 valence electrons. The molecule has 0 saturated carbocycles. The Morgan fingerprint density at radius 3 is 2.65 bits per heavy atom. The first-order valence-corrected chi connectivity index (χ1v) is 7.67. The number of hydrogen-bond acceptors (Lipinski definition) is 2. The molecule has 0 aliphatic rings. The van der Waals surface area contributed by atoms with Gasteiger partial charge in [0.25, 0.3) is 5.91 Å². The maximum absolute atomic E-state index is 12.4. The first-order valence-electron chi connectivity index (χ1n) is 5.70. The molecule has 0 aliphatic carbocycles. The van der Waals surface area contributed by atoms with E-state index in [2.05, 4.69) is 37.2 Å². The Bertz CT molecular complexity index is 689. The van der Waals surface area contributed by atoms with Gasteiger partial charge in [-0.25, -0.2) is 0 Å². The Morgan fingerprint density at radius 2 is 1.95 bits per heavy atom. The highest BCUT2D eigenvalue weighted by Crippen LogP contribution is 2.28. The Hall–Kier alpha value is -1.04. The molecule has 0 aromatic heterocycles. The summed E-state index contributed by atoms with van der Waals surface area (Å²) in [4.78, 5) is 12.4. The van der Waals surface area contributed by atoms with E-state index in [1.807, 2.05) is 6.92 Å². The van der Waals surface area contributed by atoms with E-state index >= 15 is 0 Å². The standard InChI is InChI=1S/C14H11Br2ClN2O/c1-7-10(4-8(15)5-12(7)18)14(20)19-13-6-9(17)2-3-11(13)16/h2-6H,18H2,1H3,(H,19,20). The second-order valence-electron chi connectivity index (χ2n) is 4.25. The molecule has 0 bridgehead atoms. The van der Waals surface area contributed by atoms with Crippen molar-refractivity contribution in [3.05, 3.63) is 55.4 Å². The summed E-state index contributed by atoms with van der Waals surface area (Å²) in [5.41, 5.74) is 8.30. The minimum atomic E-state index is -0.238.